The number of carbonyl (C=O) groups excluding carboxylic acids is 1. The Kier molecular flexibility index (Phi) is 4.55. The summed E-state index contributed by atoms with van der Waals surface area (Å²) in [6.45, 7) is 8.20. The second-order valence-electron chi connectivity index (χ2n) is 6.00. The molecule has 0 radical (unpaired) electrons. The third kappa shape index (κ3) is 3.19. The Morgan fingerprint density at radius 3 is 2.47 bits per heavy atom. The fourth-order valence-electron chi connectivity index (χ4n) is 2.27. The second-order valence-corrected chi connectivity index (χ2v) is 6.00. The largest absolute Gasteiger partial charge is 0.468 e. The predicted octanol–water partition coefficient (Wildman–Crippen LogP) is 1.32. The minimum absolute atomic E-state index is 0.163. The number of esters is 1. The van der Waals surface area contributed by atoms with Crippen molar-refractivity contribution in [1.82, 2.24) is 5.32 Å². The molecule has 0 spiro atoms. The number of carbonyl (C=O) groups is 1. The summed E-state index contributed by atoms with van der Waals surface area (Å²) in [5.41, 5.74) is -0.163. The van der Waals surface area contributed by atoms with Crippen LogP contribution < -0.4 is 5.32 Å². The smallest absolute Gasteiger partial charge is 0.322 e. The zero-order valence-electron chi connectivity index (χ0n) is 11.5. The van der Waals surface area contributed by atoms with Gasteiger partial charge in [0.15, 0.2) is 0 Å². The monoisotopic (exact) mass is 243 g/mol. The number of methoxy groups -OCH3 is 1. The van der Waals surface area contributed by atoms with Crippen LogP contribution in [0.4, 0.5) is 0 Å². The third-order valence-electron chi connectivity index (χ3n) is 3.81. The first-order chi connectivity index (χ1) is 7.78. The van der Waals surface area contributed by atoms with Crippen molar-refractivity contribution in [2.75, 3.05) is 7.11 Å². The zero-order chi connectivity index (χ0) is 13.2. The van der Waals surface area contributed by atoms with Crippen LogP contribution in [0.5, 0.6) is 0 Å². The van der Waals surface area contributed by atoms with Gasteiger partial charge in [-0.2, -0.15) is 0 Å². The molecule has 100 valence electrons. The molecule has 3 atom stereocenters. The van der Waals surface area contributed by atoms with Crippen LogP contribution >= 0.6 is 0 Å². The van der Waals surface area contributed by atoms with E-state index in [1.807, 2.05) is 13.8 Å². The Hall–Kier alpha value is -0.610. The lowest BCUT2D eigenvalue weighted by molar-refractivity contribution is -0.146. The molecule has 0 amide bonds. The molecule has 0 bridgehead atoms. The molecular formula is C13H25NO3. The predicted molar refractivity (Wildman–Crippen MR) is 66.6 cm³/mol. The summed E-state index contributed by atoms with van der Waals surface area (Å²) in [5, 5.41) is 13.0. The highest BCUT2D eigenvalue weighted by atomic mass is 16.5. The van der Waals surface area contributed by atoms with Gasteiger partial charge in [0.2, 0.25) is 0 Å². The molecule has 0 aliphatic heterocycles. The van der Waals surface area contributed by atoms with Crippen molar-refractivity contribution in [2.24, 2.45) is 11.3 Å². The van der Waals surface area contributed by atoms with Gasteiger partial charge in [0, 0.05) is 11.5 Å². The van der Waals surface area contributed by atoms with Gasteiger partial charge in [-0.25, -0.2) is 0 Å². The number of ether oxygens (including phenoxy) is 1. The van der Waals surface area contributed by atoms with Crippen molar-refractivity contribution in [1.29, 1.82) is 0 Å². The molecule has 0 aromatic rings. The van der Waals surface area contributed by atoms with Gasteiger partial charge < -0.3 is 15.2 Å². The standard InChI is InChI=1S/C13H25NO3/c1-8(2)6-9(12(16)17-5)14-10-7-11(15)13(10,3)4/h8-11,14-15H,6-7H2,1-5H3. The molecule has 3 unspecified atom stereocenters. The van der Waals surface area contributed by atoms with E-state index in [0.29, 0.717) is 12.3 Å². The summed E-state index contributed by atoms with van der Waals surface area (Å²) >= 11 is 0. The van der Waals surface area contributed by atoms with Gasteiger partial charge >= 0.3 is 5.97 Å². The van der Waals surface area contributed by atoms with Crippen molar-refractivity contribution >= 4 is 5.97 Å². The number of hydrogen-bond acceptors (Lipinski definition) is 4. The first-order valence-corrected chi connectivity index (χ1v) is 6.31. The average molecular weight is 243 g/mol. The Balaban J connectivity index is 2.58. The maximum Gasteiger partial charge on any atom is 0.322 e. The number of nitrogens with one attached hydrogen (secondary N) is 1. The van der Waals surface area contributed by atoms with Gasteiger partial charge in [0.05, 0.1) is 13.2 Å². The molecule has 17 heavy (non-hydrogen) atoms. The number of aliphatic hydroxyl groups is 1. The summed E-state index contributed by atoms with van der Waals surface area (Å²) in [6.07, 6.45) is 1.19. The summed E-state index contributed by atoms with van der Waals surface area (Å²) < 4.78 is 4.81. The van der Waals surface area contributed by atoms with Gasteiger partial charge in [-0.05, 0) is 18.8 Å². The van der Waals surface area contributed by atoms with Gasteiger partial charge in [0.25, 0.3) is 0 Å². The van der Waals surface area contributed by atoms with E-state index in [4.69, 9.17) is 4.74 Å². The Morgan fingerprint density at radius 1 is 1.53 bits per heavy atom. The molecule has 2 N–H and O–H groups in total. The number of rotatable bonds is 5. The van der Waals surface area contributed by atoms with E-state index in [0.717, 1.165) is 6.42 Å². The van der Waals surface area contributed by atoms with Gasteiger partial charge in [0.1, 0.15) is 6.04 Å². The first-order valence-electron chi connectivity index (χ1n) is 6.31. The minimum atomic E-state index is -0.280. The van der Waals surface area contributed by atoms with Gasteiger partial charge in [-0.1, -0.05) is 27.7 Å². The summed E-state index contributed by atoms with van der Waals surface area (Å²) in [4.78, 5) is 11.7. The highest BCUT2D eigenvalue weighted by Crippen LogP contribution is 2.40. The van der Waals surface area contributed by atoms with E-state index in [1.54, 1.807) is 0 Å². The Labute approximate surface area is 104 Å². The van der Waals surface area contributed by atoms with Gasteiger partial charge in [-0.3, -0.25) is 4.79 Å². The molecule has 0 aromatic carbocycles. The van der Waals surface area contributed by atoms with Crippen LogP contribution in [0.2, 0.25) is 0 Å². The van der Waals surface area contributed by atoms with E-state index in [9.17, 15) is 9.90 Å². The Bertz CT molecular complexity index is 276. The maximum atomic E-state index is 11.7. The fourth-order valence-corrected chi connectivity index (χ4v) is 2.27. The molecule has 0 heterocycles. The highest BCUT2D eigenvalue weighted by molar-refractivity contribution is 5.75. The molecule has 1 rings (SSSR count). The molecule has 1 aliphatic rings. The van der Waals surface area contributed by atoms with Crippen LogP contribution in [-0.4, -0.2) is 36.4 Å². The molecule has 1 aliphatic carbocycles. The maximum absolute atomic E-state index is 11.7. The normalized spacial score (nSPS) is 28.6. The lowest BCUT2D eigenvalue weighted by atomic mass is 9.64. The van der Waals surface area contributed by atoms with E-state index in [1.165, 1.54) is 7.11 Å². The van der Waals surface area contributed by atoms with Crippen LogP contribution in [0.25, 0.3) is 0 Å². The zero-order valence-corrected chi connectivity index (χ0v) is 11.5. The summed E-state index contributed by atoms with van der Waals surface area (Å²) in [7, 11) is 1.41. The van der Waals surface area contributed by atoms with Crippen LogP contribution in [0, 0.1) is 11.3 Å². The van der Waals surface area contributed by atoms with Crippen LogP contribution in [0.1, 0.15) is 40.5 Å². The van der Waals surface area contributed by atoms with Crippen LogP contribution in [0.15, 0.2) is 0 Å². The molecular weight excluding hydrogens is 218 g/mol. The summed E-state index contributed by atoms with van der Waals surface area (Å²) in [6, 6.07) is -0.0860. The number of aliphatic hydroxyl groups excluding tert-OH is 1. The summed E-state index contributed by atoms with van der Waals surface area (Å²) in [5.74, 6) is 0.218. The third-order valence-corrected chi connectivity index (χ3v) is 3.81. The molecule has 1 fully saturated rings. The number of hydrogen-bond donors (Lipinski definition) is 2. The highest BCUT2D eigenvalue weighted by Gasteiger charge is 2.48. The molecule has 4 nitrogen and oxygen atoms in total. The Morgan fingerprint density at radius 2 is 2.12 bits per heavy atom. The van der Waals surface area contributed by atoms with E-state index < -0.39 is 0 Å². The fraction of sp³-hybridized carbons (Fsp3) is 0.923. The molecule has 1 saturated carbocycles. The van der Waals surface area contributed by atoms with Crippen LogP contribution in [-0.2, 0) is 9.53 Å². The molecule has 0 aromatic heterocycles. The van der Waals surface area contributed by atoms with Crippen molar-refractivity contribution in [2.45, 2.75) is 58.7 Å². The SMILES string of the molecule is COC(=O)C(CC(C)C)NC1CC(O)C1(C)C. The lowest BCUT2D eigenvalue weighted by Crippen LogP contribution is -2.63. The van der Waals surface area contributed by atoms with Crippen molar-refractivity contribution in [3.63, 3.8) is 0 Å². The van der Waals surface area contributed by atoms with Gasteiger partial charge in [-0.15, -0.1) is 0 Å². The van der Waals surface area contributed by atoms with Crippen molar-refractivity contribution in [3.8, 4) is 0 Å². The molecule has 4 heteroatoms. The van der Waals surface area contributed by atoms with Crippen molar-refractivity contribution in [3.05, 3.63) is 0 Å². The quantitative estimate of drug-likeness (QED) is 0.715. The topological polar surface area (TPSA) is 58.6 Å². The van der Waals surface area contributed by atoms with E-state index in [-0.39, 0.29) is 29.6 Å². The minimum Gasteiger partial charge on any atom is -0.468 e. The van der Waals surface area contributed by atoms with Crippen molar-refractivity contribution < 1.29 is 14.6 Å². The second kappa shape index (κ2) is 5.36. The average Bonchev–Trinajstić information content (AvgIpc) is 2.25. The van der Waals surface area contributed by atoms with E-state index >= 15 is 0 Å². The first kappa shape index (κ1) is 14.5. The lowest BCUT2D eigenvalue weighted by Gasteiger charge is -2.50. The van der Waals surface area contributed by atoms with Crippen LogP contribution in [0.3, 0.4) is 0 Å². The van der Waals surface area contributed by atoms with E-state index in [2.05, 4.69) is 19.2 Å². The molecule has 0 saturated heterocycles.